The number of anilines is 1. The highest BCUT2D eigenvalue weighted by atomic mass is 16.3. The van der Waals surface area contributed by atoms with Crippen molar-refractivity contribution in [3.8, 4) is 11.9 Å². The van der Waals surface area contributed by atoms with Gasteiger partial charge >= 0.3 is 5.69 Å². The number of rotatable bonds is 2. The van der Waals surface area contributed by atoms with Crippen molar-refractivity contribution in [3.05, 3.63) is 56.2 Å². The van der Waals surface area contributed by atoms with Crippen molar-refractivity contribution < 1.29 is 9.90 Å². The summed E-state index contributed by atoms with van der Waals surface area (Å²) in [6.07, 6.45) is 0. The van der Waals surface area contributed by atoms with E-state index >= 15 is 0 Å². The molecular formula is C12H8N4O4. The van der Waals surface area contributed by atoms with E-state index < -0.39 is 28.6 Å². The zero-order valence-electron chi connectivity index (χ0n) is 9.93. The first kappa shape index (κ1) is 13.1. The van der Waals surface area contributed by atoms with Crippen LogP contribution >= 0.6 is 0 Å². The number of hydrogen-bond donors (Lipinski definition) is 4. The molecule has 1 aromatic carbocycles. The number of H-pyrrole nitrogens is 2. The second-order valence-electron chi connectivity index (χ2n) is 3.78. The molecule has 0 saturated heterocycles. The van der Waals surface area contributed by atoms with Gasteiger partial charge in [0.05, 0.1) is 11.6 Å². The molecule has 0 bridgehead atoms. The Hall–Kier alpha value is -3.34. The molecule has 2 aromatic rings. The number of nitrogens with one attached hydrogen (secondary N) is 3. The van der Waals surface area contributed by atoms with Gasteiger partial charge < -0.3 is 10.4 Å². The molecule has 8 heteroatoms. The van der Waals surface area contributed by atoms with Gasteiger partial charge in [0.15, 0.2) is 5.56 Å². The molecule has 0 spiro atoms. The van der Waals surface area contributed by atoms with Crippen molar-refractivity contribution >= 4 is 11.6 Å². The van der Waals surface area contributed by atoms with E-state index in [9.17, 15) is 19.5 Å². The van der Waals surface area contributed by atoms with E-state index in [0.29, 0.717) is 11.3 Å². The Morgan fingerprint density at radius 3 is 2.40 bits per heavy atom. The van der Waals surface area contributed by atoms with Gasteiger partial charge in [0, 0.05) is 5.69 Å². The number of aromatic nitrogens is 2. The summed E-state index contributed by atoms with van der Waals surface area (Å²) >= 11 is 0. The second kappa shape index (κ2) is 5.11. The summed E-state index contributed by atoms with van der Waals surface area (Å²) < 4.78 is 0. The fraction of sp³-hybridized carbons (Fsp3) is 0. The van der Waals surface area contributed by atoms with E-state index in [-0.39, 0.29) is 0 Å². The Balaban J connectivity index is 2.31. The minimum atomic E-state index is -1.00. The lowest BCUT2D eigenvalue weighted by molar-refractivity contribution is 0.102. The molecule has 2 rings (SSSR count). The van der Waals surface area contributed by atoms with E-state index in [1.54, 1.807) is 0 Å². The molecule has 1 amide bonds. The van der Waals surface area contributed by atoms with Crippen molar-refractivity contribution in [1.82, 2.24) is 9.97 Å². The van der Waals surface area contributed by atoms with Crippen LogP contribution < -0.4 is 16.6 Å². The van der Waals surface area contributed by atoms with Gasteiger partial charge in [-0.2, -0.15) is 5.26 Å². The monoisotopic (exact) mass is 272 g/mol. The quantitative estimate of drug-likeness (QED) is 0.604. The van der Waals surface area contributed by atoms with Crippen LogP contribution in [0.1, 0.15) is 15.9 Å². The molecule has 0 saturated carbocycles. The summed E-state index contributed by atoms with van der Waals surface area (Å²) in [6.45, 7) is 0. The molecule has 4 N–H and O–H groups in total. The number of aromatic hydroxyl groups is 1. The molecule has 1 aromatic heterocycles. The predicted octanol–water partition coefficient (Wildman–Crippen LogP) is -0.107. The summed E-state index contributed by atoms with van der Waals surface area (Å²) in [5.74, 6) is -1.70. The Kier molecular flexibility index (Phi) is 3.35. The molecule has 0 unspecified atom stereocenters. The zero-order chi connectivity index (χ0) is 14.7. The van der Waals surface area contributed by atoms with Gasteiger partial charge in [-0.1, -0.05) is 0 Å². The summed E-state index contributed by atoms with van der Waals surface area (Å²) in [4.78, 5) is 37.9. The predicted molar refractivity (Wildman–Crippen MR) is 68.5 cm³/mol. The minimum absolute atomic E-state index is 0.332. The summed E-state index contributed by atoms with van der Waals surface area (Å²) in [5, 5.41) is 20.4. The minimum Gasteiger partial charge on any atom is -0.494 e. The van der Waals surface area contributed by atoms with Crippen LogP contribution in [0.15, 0.2) is 33.9 Å². The first-order valence-electron chi connectivity index (χ1n) is 5.38. The lowest BCUT2D eigenvalue weighted by atomic mass is 10.2. The molecule has 20 heavy (non-hydrogen) atoms. The van der Waals surface area contributed by atoms with Gasteiger partial charge in [0.1, 0.15) is 0 Å². The van der Waals surface area contributed by atoms with E-state index in [2.05, 4.69) is 5.32 Å². The molecule has 0 aliphatic heterocycles. The zero-order valence-corrected chi connectivity index (χ0v) is 9.93. The molecule has 100 valence electrons. The van der Waals surface area contributed by atoms with Crippen LogP contribution in [0.25, 0.3) is 0 Å². The van der Waals surface area contributed by atoms with E-state index in [4.69, 9.17) is 5.26 Å². The van der Waals surface area contributed by atoms with Crippen LogP contribution in [0.4, 0.5) is 5.69 Å². The van der Waals surface area contributed by atoms with Crippen LogP contribution in [0.3, 0.4) is 0 Å². The number of nitrogens with zero attached hydrogens (tertiary/aromatic N) is 1. The third kappa shape index (κ3) is 2.56. The highest BCUT2D eigenvalue weighted by Crippen LogP contribution is 2.12. The van der Waals surface area contributed by atoms with E-state index in [0.717, 1.165) is 0 Å². The van der Waals surface area contributed by atoms with Crippen LogP contribution in [-0.2, 0) is 0 Å². The van der Waals surface area contributed by atoms with Crippen molar-refractivity contribution in [2.24, 2.45) is 0 Å². The molecule has 0 aliphatic carbocycles. The Labute approximate surface area is 111 Å². The highest BCUT2D eigenvalue weighted by molar-refractivity contribution is 6.05. The first-order valence-corrected chi connectivity index (χ1v) is 5.38. The SMILES string of the molecule is N#Cc1ccc(NC(=O)c2c(O)[nH]c(=O)[nH]c2=O)cc1. The van der Waals surface area contributed by atoms with Gasteiger partial charge in [-0.15, -0.1) is 0 Å². The van der Waals surface area contributed by atoms with Gasteiger partial charge in [0.2, 0.25) is 5.88 Å². The van der Waals surface area contributed by atoms with Crippen LogP contribution in [0.2, 0.25) is 0 Å². The van der Waals surface area contributed by atoms with Gasteiger partial charge in [-0.25, -0.2) is 4.79 Å². The maximum absolute atomic E-state index is 11.8. The standard InChI is InChI=1S/C12H8N4O4/c13-5-6-1-3-7(4-2-6)14-9(17)8-10(18)15-12(20)16-11(8)19/h1-4H,(H,14,17)(H3,15,16,18,19,20). The van der Waals surface area contributed by atoms with Crippen molar-refractivity contribution in [3.63, 3.8) is 0 Å². The number of hydrogen-bond acceptors (Lipinski definition) is 5. The normalized spacial score (nSPS) is 9.75. The number of amides is 1. The number of nitriles is 1. The molecule has 0 atom stereocenters. The molecule has 0 fully saturated rings. The summed E-state index contributed by atoms with van der Waals surface area (Å²) in [6, 6.07) is 7.80. The van der Waals surface area contributed by atoms with Crippen molar-refractivity contribution in [1.29, 1.82) is 5.26 Å². The number of carbonyl (C=O) groups is 1. The molecule has 1 heterocycles. The maximum Gasteiger partial charge on any atom is 0.328 e. The molecular weight excluding hydrogens is 264 g/mol. The van der Waals surface area contributed by atoms with Crippen molar-refractivity contribution in [2.45, 2.75) is 0 Å². The first-order chi connectivity index (χ1) is 9.51. The van der Waals surface area contributed by atoms with Crippen LogP contribution in [-0.4, -0.2) is 21.0 Å². The fourth-order valence-electron chi connectivity index (χ4n) is 1.51. The molecule has 0 aliphatic rings. The van der Waals surface area contributed by atoms with E-state index in [1.165, 1.54) is 24.3 Å². The smallest absolute Gasteiger partial charge is 0.328 e. The van der Waals surface area contributed by atoms with Gasteiger partial charge in [-0.3, -0.25) is 19.6 Å². The van der Waals surface area contributed by atoms with Gasteiger partial charge in [-0.05, 0) is 24.3 Å². The summed E-state index contributed by atoms with van der Waals surface area (Å²) in [5.41, 5.74) is -1.78. The highest BCUT2D eigenvalue weighted by Gasteiger charge is 2.17. The van der Waals surface area contributed by atoms with Crippen molar-refractivity contribution in [2.75, 3.05) is 5.32 Å². The lowest BCUT2D eigenvalue weighted by Crippen LogP contribution is -2.30. The molecule has 0 radical (unpaired) electrons. The Bertz CT molecular complexity index is 811. The van der Waals surface area contributed by atoms with Gasteiger partial charge in [0.25, 0.3) is 11.5 Å². The maximum atomic E-state index is 11.8. The lowest BCUT2D eigenvalue weighted by Gasteiger charge is -2.05. The average Bonchev–Trinajstić information content (AvgIpc) is 2.38. The molecule has 8 nitrogen and oxygen atoms in total. The Morgan fingerprint density at radius 2 is 1.85 bits per heavy atom. The third-order valence-corrected chi connectivity index (χ3v) is 2.42. The summed E-state index contributed by atoms with van der Waals surface area (Å²) in [7, 11) is 0. The van der Waals surface area contributed by atoms with Crippen LogP contribution in [0.5, 0.6) is 5.88 Å². The average molecular weight is 272 g/mol. The van der Waals surface area contributed by atoms with Crippen LogP contribution in [0, 0.1) is 11.3 Å². The largest absolute Gasteiger partial charge is 0.494 e. The Morgan fingerprint density at radius 1 is 1.20 bits per heavy atom. The topological polar surface area (TPSA) is 139 Å². The number of aromatic amines is 2. The van der Waals surface area contributed by atoms with E-state index in [1.807, 2.05) is 16.0 Å². The number of benzene rings is 1. The third-order valence-electron chi connectivity index (χ3n) is 2.42. The number of carbonyl (C=O) groups excluding carboxylic acids is 1. The second-order valence-corrected chi connectivity index (χ2v) is 3.78. The fourth-order valence-corrected chi connectivity index (χ4v) is 1.51.